The molecule has 38 heavy (non-hydrogen) atoms. The Balaban J connectivity index is 1.04. The minimum Gasteiger partial charge on any atom is -0.392 e. The number of alkyl halides is 1. The second-order valence-electron chi connectivity index (χ2n) is 11.0. The van der Waals surface area contributed by atoms with Crippen LogP contribution in [0.15, 0.2) is 41.8 Å². The molecular formula is C29H39FN6O2. The summed E-state index contributed by atoms with van der Waals surface area (Å²) < 4.78 is 13.4. The van der Waals surface area contributed by atoms with Gasteiger partial charge in [0.1, 0.15) is 12.3 Å². The van der Waals surface area contributed by atoms with Gasteiger partial charge in [0.15, 0.2) is 0 Å². The number of amides is 1. The van der Waals surface area contributed by atoms with E-state index in [-0.39, 0.29) is 18.6 Å². The maximum atomic E-state index is 13.4. The van der Waals surface area contributed by atoms with Gasteiger partial charge < -0.3 is 20.4 Å². The van der Waals surface area contributed by atoms with Crippen LogP contribution in [0.4, 0.5) is 10.3 Å². The summed E-state index contributed by atoms with van der Waals surface area (Å²) in [7, 11) is 0. The average Bonchev–Trinajstić information content (AvgIpc) is 3.39. The topological polar surface area (TPSA) is 96.9 Å². The standard InChI is InChI=1S/C29H39FN6O2/c1-20-17-32-29(33-18-20)35-14-11-26(12-15-35)38-34-25-8-6-23(7-9-25)22-4-2-21(3-5-22)16-27(31)28(37)36-13-10-24(30)19-36/h2-5,17-18,23-24,26-27H,6-16,19,31H2,1H3/t23?,24-,27-/m0/s1. The smallest absolute Gasteiger partial charge is 0.239 e. The fourth-order valence-electron chi connectivity index (χ4n) is 5.65. The molecule has 0 spiro atoms. The molecule has 1 saturated carbocycles. The zero-order chi connectivity index (χ0) is 26.5. The van der Waals surface area contributed by atoms with E-state index in [0.29, 0.717) is 25.3 Å². The van der Waals surface area contributed by atoms with Crippen molar-refractivity contribution in [3.05, 3.63) is 53.3 Å². The van der Waals surface area contributed by atoms with Crippen molar-refractivity contribution in [2.75, 3.05) is 31.1 Å². The Hall–Kier alpha value is -3.07. The number of carbonyl (C=O) groups is 1. The number of piperidine rings is 1. The van der Waals surface area contributed by atoms with Gasteiger partial charge in [-0.1, -0.05) is 29.4 Å². The van der Waals surface area contributed by atoms with E-state index in [1.54, 1.807) is 4.90 Å². The maximum Gasteiger partial charge on any atom is 0.239 e. The van der Waals surface area contributed by atoms with Crippen LogP contribution in [0.25, 0.3) is 0 Å². The Labute approximate surface area is 224 Å². The minimum absolute atomic E-state index is 0.150. The summed E-state index contributed by atoms with van der Waals surface area (Å²) in [6.45, 7) is 4.40. The van der Waals surface area contributed by atoms with E-state index in [4.69, 9.17) is 10.6 Å². The van der Waals surface area contributed by atoms with Crippen LogP contribution in [0.3, 0.4) is 0 Å². The van der Waals surface area contributed by atoms with Gasteiger partial charge in [-0.25, -0.2) is 14.4 Å². The van der Waals surface area contributed by atoms with Crippen molar-refractivity contribution < 1.29 is 14.0 Å². The first-order chi connectivity index (χ1) is 18.4. The molecule has 2 atom stereocenters. The molecule has 2 aliphatic heterocycles. The second-order valence-corrected chi connectivity index (χ2v) is 11.0. The third-order valence-electron chi connectivity index (χ3n) is 8.05. The van der Waals surface area contributed by atoms with Crippen molar-refractivity contribution in [2.24, 2.45) is 10.9 Å². The summed E-state index contributed by atoms with van der Waals surface area (Å²) in [5, 5.41) is 4.54. The lowest BCUT2D eigenvalue weighted by molar-refractivity contribution is -0.131. The monoisotopic (exact) mass is 522 g/mol. The number of rotatable bonds is 7. The molecule has 3 aliphatic rings. The lowest BCUT2D eigenvalue weighted by Gasteiger charge is -2.31. The average molecular weight is 523 g/mol. The highest BCUT2D eigenvalue weighted by Crippen LogP contribution is 2.32. The fourth-order valence-corrected chi connectivity index (χ4v) is 5.65. The van der Waals surface area contributed by atoms with Gasteiger partial charge in [-0.05, 0) is 68.1 Å². The van der Waals surface area contributed by atoms with Crippen molar-refractivity contribution in [3.63, 3.8) is 0 Å². The SMILES string of the molecule is Cc1cnc(N2CCC(ON=C3CCC(c4ccc(C[C@H](N)C(=O)N5CC[C@H](F)C5)cc4)CC3)CC2)nc1. The number of halogens is 1. The first-order valence-electron chi connectivity index (χ1n) is 14.0. The van der Waals surface area contributed by atoms with Gasteiger partial charge in [-0.15, -0.1) is 0 Å². The quantitative estimate of drug-likeness (QED) is 0.554. The number of aryl methyl sites for hydroxylation is 1. The highest BCUT2D eigenvalue weighted by Gasteiger charge is 2.29. The van der Waals surface area contributed by atoms with E-state index in [0.717, 1.165) is 74.4 Å². The molecule has 1 aromatic carbocycles. The van der Waals surface area contributed by atoms with E-state index in [9.17, 15) is 9.18 Å². The lowest BCUT2D eigenvalue weighted by atomic mass is 9.83. The number of aromatic nitrogens is 2. The molecule has 0 radical (unpaired) electrons. The Morgan fingerprint density at radius 1 is 1.08 bits per heavy atom. The molecule has 5 rings (SSSR count). The van der Waals surface area contributed by atoms with Crippen LogP contribution in [-0.4, -0.2) is 71.0 Å². The third-order valence-corrected chi connectivity index (χ3v) is 8.05. The number of hydrogen-bond donors (Lipinski definition) is 1. The molecule has 2 saturated heterocycles. The molecule has 1 aromatic heterocycles. The summed E-state index contributed by atoms with van der Waals surface area (Å²) >= 11 is 0. The lowest BCUT2D eigenvalue weighted by Crippen LogP contribution is -2.44. The number of oxime groups is 1. The summed E-state index contributed by atoms with van der Waals surface area (Å²) in [5.41, 5.74) is 10.7. The van der Waals surface area contributed by atoms with Crippen molar-refractivity contribution in [2.45, 2.75) is 82.5 Å². The van der Waals surface area contributed by atoms with Crippen LogP contribution >= 0.6 is 0 Å². The molecule has 9 heteroatoms. The van der Waals surface area contributed by atoms with E-state index in [1.807, 2.05) is 19.3 Å². The van der Waals surface area contributed by atoms with Crippen molar-refractivity contribution in [3.8, 4) is 0 Å². The van der Waals surface area contributed by atoms with Gasteiger partial charge >= 0.3 is 0 Å². The first kappa shape index (κ1) is 26.5. The highest BCUT2D eigenvalue weighted by atomic mass is 19.1. The van der Waals surface area contributed by atoms with Gasteiger partial charge in [-0.3, -0.25) is 4.79 Å². The molecule has 0 unspecified atom stereocenters. The number of nitrogens with two attached hydrogens (primary N) is 1. The largest absolute Gasteiger partial charge is 0.392 e. The Morgan fingerprint density at radius 2 is 1.76 bits per heavy atom. The molecule has 1 amide bonds. The van der Waals surface area contributed by atoms with Crippen LogP contribution < -0.4 is 10.6 Å². The van der Waals surface area contributed by atoms with Crippen molar-refractivity contribution in [1.29, 1.82) is 0 Å². The van der Waals surface area contributed by atoms with Gasteiger partial charge in [0.2, 0.25) is 11.9 Å². The van der Waals surface area contributed by atoms with Gasteiger partial charge in [0, 0.05) is 44.9 Å². The molecule has 2 aromatic rings. The molecule has 1 aliphatic carbocycles. The van der Waals surface area contributed by atoms with Gasteiger partial charge in [-0.2, -0.15) is 0 Å². The summed E-state index contributed by atoms with van der Waals surface area (Å²) in [4.78, 5) is 31.1. The number of hydrogen-bond acceptors (Lipinski definition) is 7. The highest BCUT2D eigenvalue weighted by molar-refractivity contribution is 5.85. The van der Waals surface area contributed by atoms with Crippen molar-refractivity contribution >= 4 is 17.6 Å². The van der Waals surface area contributed by atoms with E-state index in [1.165, 1.54) is 5.56 Å². The number of likely N-dealkylation sites (tertiary alicyclic amines) is 1. The molecule has 3 fully saturated rings. The number of carbonyl (C=O) groups excluding carboxylic acids is 1. The molecule has 204 valence electrons. The summed E-state index contributed by atoms with van der Waals surface area (Å²) in [6, 6.07) is 7.85. The third kappa shape index (κ3) is 6.67. The zero-order valence-electron chi connectivity index (χ0n) is 22.3. The second kappa shape index (κ2) is 12.2. The van der Waals surface area contributed by atoms with Crippen LogP contribution in [0, 0.1) is 6.92 Å². The Bertz CT molecular complexity index is 1090. The van der Waals surface area contributed by atoms with Crippen LogP contribution in [0.5, 0.6) is 0 Å². The first-order valence-corrected chi connectivity index (χ1v) is 14.0. The van der Waals surface area contributed by atoms with Crippen LogP contribution in [0.2, 0.25) is 0 Å². The fraction of sp³-hybridized carbons (Fsp3) is 0.586. The van der Waals surface area contributed by atoms with Crippen molar-refractivity contribution in [1.82, 2.24) is 14.9 Å². The number of nitrogens with zero attached hydrogens (tertiary/aromatic N) is 5. The number of anilines is 1. The predicted molar refractivity (Wildman–Crippen MR) is 146 cm³/mol. The normalized spacial score (nSPS) is 23.4. The van der Waals surface area contributed by atoms with Crippen LogP contribution in [0.1, 0.15) is 67.6 Å². The maximum absolute atomic E-state index is 13.4. The van der Waals surface area contributed by atoms with Gasteiger partial charge in [0.05, 0.1) is 18.3 Å². The zero-order valence-corrected chi connectivity index (χ0v) is 22.3. The molecule has 2 N–H and O–H groups in total. The predicted octanol–water partition coefficient (Wildman–Crippen LogP) is 3.92. The summed E-state index contributed by atoms with van der Waals surface area (Å²) in [5.74, 6) is 1.14. The molecule has 3 heterocycles. The number of benzene rings is 1. The Kier molecular flexibility index (Phi) is 8.51. The van der Waals surface area contributed by atoms with E-state index < -0.39 is 12.2 Å². The molecule has 0 bridgehead atoms. The van der Waals surface area contributed by atoms with E-state index >= 15 is 0 Å². The van der Waals surface area contributed by atoms with E-state index in [2.05, 4.69) is 44.3 Å². The molecular weight excluding hydrogens is 483 g/mol. The Morgan fingerprint density at radius 3 is 2.39 bits per heavy atom. The van der Waals surface area contributed by atoms with Gasteiger partial charge in [0.25, 0.3) is 0 Å². The van der Waals surface area contributed by atoms with Crippen LogP contribution in [-0.2, 0) is 16.1 Å². The summed E-state index contributed by atoms with van der Waals surface area (Å²) in [6.07, 6.45) is 9.70. The minimum atomic E-state index is -0.920. The molecule has 8 nitrogen and oxygen atoms in total.